The lowest BCUT2D eigenvalue weighted by molar-refractivity contribution is 0.245. The molecule has 110 valence electrons. The molecule has 3 heterocycles. The van der Waals surface area contributed by atoms with Crippen molar-refractivity contribution in [2.75, 3.05) is 18.0 Å². The van der Waals surface area contributed by atoms with E-state index >= 15 is 0 Å². The van der Waals surface area contributed by atoms with Crippen LogP contribution < -0.4 is 4.90 Å². The van der Waals surface area contributed by atoms with Crippen molar-refractivity contribution >= 4 is 5.69 Å². The van der Waals surface area contributed by atoms with Gasteiger partial charge in [0.1, 0.15) is 5.76 Å². The monoisotopic (exact) mass is 283 g/mol. The molecule has 2 aliphatic heterocycles. The molecule has 1 fully saturated rings. The average Bonchev–Trinajstić information content (AvgIpc) is 3.06. The SMILES string of the molecule is Cc1oncc1CN1Cc2ccccc2N2CCC[C@@H]2C1. The maximum Gasteiger partial charge on any atom is 0.138 e. The van der Waals surface area contributed by atoms with Crippen LogP contribution in [-0.4, -0.2) is 29.2 Å². The molecule has 2 aromatic rings. The Morgan fingerprint density at radius 3 is 3.10 bits per heavy atom. The molecule has 0 radical (unpaired) electrons. The Bertz CT molecular complexity index is 636. The highest BCUT2D eigenvalue weighted by Gasteiger charge is 2.31. The Morgan fingerprint density at radius 2 is 2.24 bits per heavy atom. The predicted octanol–water partition coefficient (Wildman–Crippen LogP) is 2.97. The van der Waals surface area contributed by atoms with E-state index in [4.69, 9.17) is 4.52 Å². The predicted molar refractivity (Wildman–Crippen MR) is 82.2 cm³/mol. The highest BCUT2D eigenvalue weighted by atomic mass is 16.5. The van der Waals surface area contributed by atoms with Gasteiger partial charge < -0.3 is 9.42 Å². The van der Waals surface area contributed by atoms with Gasteiger partial charge in [-0.15, -0.1) is 0 Å². The maximum absolute atomic E-state index is 5.21. The number of benzene rings is 1. The molecule has 0 amide bonds. The Kier molecular flexibility index (Phi) is 3.19. The molecule has 1 saturated heterocycles. The van der Waals surface area contributed by atoms with Crippen molar-refractivity contribution in [1.82, 2.24) is 10.1 Å². The van der Waals surface area contributed by atoms with Gasteiger partial charge in [0.2, 0.25) is 0 Å². The minimum Gasteiger partial charge on any atom is -0.367 e. The molecule has 0 N–H and O–H groups in total. The third-order valence-electron chi connectivity index (χ3n) is 4.79. The molecule has 4 heteroatoms. The third kappa shape index (κ3) is 2.33. The van der Waals surface area contributed by atoms with Crippen molar-refractivity contribution in [3.05, 3.63) is 47.3 Å². The summed E-state index contributed by atoms with van der Waals surface area (Å²) in [6.07, 6.45) is 4.46. The summed E-state index contributed by atoms with van der Waals surface area (Å²) in [5, 5.41) is 3.91. The summed E-state index contributed by atoms with van der Waals surface area (Å²) < 4.78 is 5.21. The van der Waals surface area contributed by atoms with Crippen LogP contribution in [0.4, 0.5) is 5.69 Å². The second kappa shape index (κ2) is 5.19. The van der Waals surface area contributed by atoms with Gasteiger partial charge in [-0.25, -0.2) is 0 Å². The summed E-state index contributed by atoms with van der Waals surface area (Å²) in [5.41, 5.74) is 4.08. The van der Waals surface area contributed by atoms with E-state index in [1.165, 1.54) is 36.2 Å². The molecular weight excluding hydrogens is 262 g/mol. The number of hydrogen-bond donors (Lipinski definition) is 0. The van der Waals surface area contributed by atoms with Crippen LogP contribution in [0.25, 0.3) is 0 Å². The molecule has 2 aliphatic rings. The fraction of sp³-hybridized carbons (Fsp3) is 0.471. The smallest absolute Gasteiger partial charge is 0.138 e. The zero-order valence-corrected chi connectivity index (χ0v) is 12.5. The van der Waals surface area contributed by atoms with Gasteiger partial charge in [0.25, 0.3) is 0 Å². The Hall–Kier alpha value is -1.81. The van der Waals surface area contributed by atoms with Gasteiger partial charge in [0.15, 0.2) is 0 Å². The number of nitrogens with zero attached hydrogens (tertiary/aromatic N) is 3. The summed E-state index contributed by atoms with van der Waals surface area (Å²) in [4.78, 5) is 5.14. The number of hydrogen-bond acceptors (Lipinski definition) is 4. The summed E-state index contributed by atoms with van der Waals surface area (Å²) in [6.45, 7) is 6.25. The third-order valence-corrected chi connectivity index (χ3v) is 4.79. The minimum absolute atomic E-state index is 0.647. The number of aromatic nitrogens is 1. The van der Waals surface area contributed by atoms with Crippen molar-refractivity contribution in [2.24, 2.45) is 0 Å². The van der Waals surface area contributed by atoms with E-state index in [0.717, 1.165) is 25.4 Å². The van der Waals surface area contributed by atoms with E-state index in [0.29, 0.717) is 6.04 Å². The van der Waals surface area contributed by atoms with E-state index in [1.807, 2.05) is 13.1 Å². The van der Waals surface area contributed by atoms with Crippen LogP contribution in [-0.2, 0) is 13.1 Å². The van der Waals surface area contributed by atoms with Crippen LogP contribution in [0, 0.1) is 6.92 Å². The normalized spacial score (nSPS) is 22.0. The summed E-state index contributed by atoms with van der Waals surface area (Å²) in [5.74, 6) is 0.941. The highest BCUT2D eigenvalue weighted by Crippen LogP contribution is 2.33. The van der Waals surface area contributed by atoms with Gasteiger partial charge in [-0.1, -0.05) is 23.4 Å². The fourth-order valence-electron chi connectivity index (χ4n) is 3.70. The van der Waals surface area contributed by atoms with Crippen LogP contribution in [0.5, 0.6) is 0 Å². The topological polar surface area (TPSA) is 32.5 Å². The number of aryl methyl sites for hydroxylation is 1. The van der Waals surface area contributed by atoms with Crippen LogP contribution in [0.1, 0.15) is 29.7 Å². The average molecular weight is 283 g/mol. The van der Waals surface area contributed by atoms with Crippen molar-refractivity contribution in [3.63, 3.8) is 0 Å². The van der Waals surface area contributed by atoms with Crippen molar-refractivity contribution in [2.45, 2.75) is 38.9 Å². The van der Waals surface area contributed by atoms with Gasteiger partial charge in [-0.3, -0.25) is 4.90 Å². The zero-order valence-electron chi connectivity index (χ0n) is 12.5. The molecule has 4 nitrogen and oxygen atoms in total. The lowest BCUT2D eigenvalue weighted by Gasteiger charge is -2.27. The molecule has 0 aliphatic carbocycles. The molecule has 1 aromatic heterocycles. The first kappa shape index (κ1) is 12.9. The van der Waals surface area contributed by atoms with E-state index in [-0.39, 0.29) is 0 Å². The second-order valence-electron chi connectivity index (χ2n) is 6.20. The van der Waals surface area contributed by atoms with E-state index in [9.17, 15) is 0 Å². The molecule has 21 heavy (non-hydrogen) atoms. The summed E-state index contributed by atoms with van der Waals surface area (Å²) >= 11 is 0. The van der Waals surface area contributed by atoms with Crippen LogP contribution in [0.2, 0.25) is 0 Å². The molecule has 4 rings (SSSR count). The molecule has 1 atom stereocenters. The number of para-hydroxylation sites is 1. The van der Waals surface area contributed by atoms with Crippen molar-refractivity contribution < 1.29 is 4.52 Å². The second-order valence-corrected chi connectivity index (χ2v) is 6.20. The molecule has 0 spiro atoms. The van der Waals surface area contributed by atoms with Gasteiger partial charge in [0, 0.05) is 43.5 Å². The van der Waals surface area contributed by atoms with Gasteiger partial charge in [-0.05, 0) is 31.4 Å². The first-order valence-corrected chi connectivity index (χ1v) is 7.78. The molecule has 0 saturated carbocycles. The van der Waals surface area contributed by atoms with Crippen molar-refractivity contribution in [1.29, 1.82) is 0 Å². The maximum atomic E-state index is 5.21. The molecular formula is C17H21N3O. The van der Waals surface area contributed by atoms with Crippen molar-refractivity contribution in [3.8, 4) is 0 Å². The molecule has 1 aromatic carbocycles. The zero-order chi connectivity index (χ0) is 14.2. The lowest BCUT2D eigenvalue weighted by Crippen LogP contribution is -2.37. The molecule has 0 unspecified atom stereocenters. The van der Waals surface area contributed by atoms with Gasteiger partial charge in [0.05, 0.1) is 6.20 Å². The summed E-state index contributed by atoms with van der Waals surface area (Å²) in [6, 6.07) is 9.51. The Balaban J connectivity index is 1.64. The van der Waals surface area contributed by atoms with E-state index in [2.05, 4.69) is 39.2 Å². The number of anilines is 1. The van der Waals surface area contributed by atoms with Crippen LogP contribution >= 0.6 is 0 Å². The Morgan fingerprint density at radius 1 is 1.33 bits per heavy atom. The fourth-order valence-corrected chi connectivity index (χ4v) is 3.70. The highest BCUT2D eigenvalue weighted by molar-refractivity contribution is 5.56. The first-order chi connectivity index (χ1) is 10.3. The summed E-state index contributed by atoms with van der Waals surface area (Å²) in [7, 11) is 0. The van der Waals surface area contributed by atoms with Crippen LogP contribution in [0.3, 0.4) is 0 Å². The van der Waals surface area contributed by atoms with E-state index < -0.39 is 0 Å². The lowest BCUT2D eigenvalue weighted by atomic mass is 10.1. The number of fused-ring (bicyclic) bond motifs is 3. The number of rotatable bonds is 2. The quantitative estimate of drug-likeness (QED) is 0.848. The van der Waals surface area contributed by atoms with Crippen LogP contribution in [0.15, 0.2) is 35.0 Å². The minimum atomic E-state index is 0.647. The van der Waals surface area contributed by atoms with E-state index in [1.54, 1.807) is 0 Å². The Labute approximate surface area is 125 Å². The van der Waals surface area contributed by atoms with Gasteiger partial charge in [-0.2, -0.15) is 0 Å². The largest absolute Gasteiger partial charge is 0.367 e. The van der Waals surface area contributed by atoms with Gasteiger partial charge >= 0.3 is 0 Å². The first-order valence-electron chi connectivity index (χ1n) is 7.78. The molecule has 0 bridgehead atoms. The standard InChI is InChI=1S/C17H21N3O/c1-13-15(9-18-21-13)11-19-10-14-5-2-3-7-17(14)20-8-4-6-16(20)12-19/h2-3,5,7,9,16H,4,6,8,10-12H2,1H3/t16-/m1/s1.